The quantitative estimate of drug-likeness (QED) is 0.580. The number of hydrogen-bond donors (Lipinski definition) is 1. The molecule has 0 saturated heterocycles. The molecule has 2 aromatic carbocycles. The minimum Gasteiger partial charge on any atom is -0.497 e. The Hall–Kier alpha value is -2.54. The number of halogens is 1. The number of hydrogen-bond acceptors (Lipinski definition) is 5. The second kappa shape index (κ2) is 8.93. The lowest BCUT2D eigenvalue weighted by atomic mass is 10.2. The third-order valence-electron chi connectivity index (χ3n) is 2.99. The molecule has 0 atom stereocenters. The van der Waals surface area contributed by atoms with E-state index in [2.05, 4.69) is 26.5 Å². The van der Waals surface area contributed by atoms with E-state index in [0.29, 0.717) is 16.0 Å². The summed E-state index contributed by atoms with van der Waals surface area (Å²) in [6, 6.07) is 12.6. The predicted octanol–water partition coefficient (Wildman–Crippen LogP) is 3.00. The van der Waals surface area contributed by atoms with Gasteiger partial charge < -0.3 is 14.2 Å². The van der Waals surface area contributed by atoms with Crippen molar-refractivity contribution in [3.8, 4) is 17.2 Å². The van der Waals surface area contributed by atoms with Gasteiger partial charge in [0, 0.05) is 0 Å². The van der Waals surface area contributed by atoms with Gasteiger partial charge in [-0.15, -0.1) is 0 Å². The van der Waals surface area contributed by atoms with Gasteiger partial charge >= 0.3 is 0 Å². The average molecular weight is 393 g/mol. The Balaban J connectivity index is 1.84. The van der Waals surface area contributed by atoms with E-state index in [9.17, 15) is 4.79 Å². The van der Waals surface area contributed by atoms with Crippen LogP contribution in [0.4, 0.5) is 0 Å². The molecule has 2 rings (SSSR count). The molecule has 1 amide bonds. The Bertz CT molecular complexity index is 734. The summed E-state index contributed by atoms with van der Waals surface area (Å²) in [4.78, 5) is 11.7. The summed E-state index contributed by atoms with van der Waals surface area (Å²) < 4.78 is 16.3. The van der Waals surface area contributed by atoms with E-state index in [-0.39, 0.29) is 12.5 Å². The normalized spacial score (nSPS) is 10.5. The Labute approximate surface area is 148 Å². The number of benzene rings is 2. The maximum atomic E-state index is 11.7. The molecule has 7 heteroatoms. The van der Waals surface area contributed by atoms with E-state index < -0.39 is 0 Å². The molecular weight excluding hydrogens is 376 g/mol. The highest BCUT2D eigenvalue weighted by Crippen LogP contribution is 2.28. The molecule has 0 radical (unpaired) electrons. The zero-order valence-corrected chi connectivity index (χ0v) is 14.9. The van der Waals surface area contributed by atoms with Crippen LogP contribution in [0.15, 0.2) is 52.0 Å². The van der Waals surface area contributed by atoms with Crippen LogP contribution >= 0.6 is 15.9 Å². The third-order valence-corrected chi connectivity index (χ3v) is 3.61. The van der Waals surface area contributed by atoms with Crippen molar-refractivity contribution in [1.82, 2.24) is 5.43 Å². The Morgan fingerprint density at radius 3 is 2.62 bits per heavy atom. The van der Waals surface area contributed by atoms with Crippen molar-refractivity contribution in [3.05, 3.63) is 52.5 Å². The van der Waals surface area contributed by atoms with Gasteiger partial charge in [-0.25, -0.2) is 5.43 Å². The van der Waals surface area contributed by atoms with Crippen LogP contribution in [0.5, 0.6) is 17.2 Å². The van der Waals surface area contributed by atoms with Crippen molar-refractivity contribution in [2.45, 2.75) is 0 Å². The Morgan fingerprint density at radius 2 is 1.92 bits per heavy atom. The van der Waals surface area contributed by atoms with Crippen molar-refractivity contribution in [3.63, 3.8) is 0 Å². The highest BCUT2D eigenvalue weighted by atomic mass is 79.9. The topological polar surface area (TPSA) is 69.2 Å². The van der Waals surface area contributed by atoms with Gasteiger partial charge in [0.1, 0.15) is 17.2 Å². The lowest BCUT2D eigenvalue weighted by molar-refractivity contribution is -0.123. The van der Waals surface area contributed by atoms with Crippen LogP contribution < -0.4 is 19.6 Å². The van der Waals surface area contributed by atoms with Crippen LogP contribution in [-0.2, 0) is 4.79 Å². The van der Waals surface area contributed by atoms with Crippen molar-refractivity contribution in [2.75, 3.05) is 20.8 Å². The van der Waals surface area contributed by atoms with Crippen LogP contribution in [0.2, 0.25) is 0 Å². The highest BCUT2D eigenvalue weighted by Gasteiger charge is 2.06. The van der Waals surface area contributed by atoms with Crippen molar-refractivity contribution >= 4 is 28.1 Å². The van der Waals surface area contributed by atoms with Gasteiger partial charge in [0.2, 0.25) is 0 Å². The summed E-state index contributed by atoms with van der Waals surface area (Å²) in [5.41, 5.74) is 3.22. The highest BCUT2D eigenvalue weighted by molar-refractivity contribution is 9.10. The molecule has 0 unspecified atom stereocenters. The van der Waals surface area contributed by atoms with Gasteiger partial charge in [-0.2, -0.15) is 5.10 Å². The number of carbonyl (C=O) groups excluding carboxylic acids is 1. The summed E-state index contributed by atoms with van der Waals surface area (Å²) in [7, 11) is 3.17. The number of nitrogens with zero attached hydrogens (tertiary/aromatic N) is 1. The lowest BCUT2D eigenvalue weighted by Gasteiger charge is -2.08. The molecule has 0 aliphatic carbocycles. The largest absolute Gasteiger partial charge is 0.497 e. The smallest absolute Gasteiger partial charge is 0.277 e. The number of hydrazone groups is 1. The first-order valence-electron chi connectivity index (χ1n) is 7.04. The summed E-state index contributed by atoms with van der Waals surface area (Å²) in [6.07, 6.45) is 1.53. The fourth-order valence-electron chi connectivity index (χ4n) is 1.80. The van der Waals surface area contributed by atoms with Gasteiger partial charge in [0.05, 0.1) is 24.9 Å². The van der Waals surface area contributed by atoms with E-state index in [1.807, 2.05) is 18.2 Å². The molecule has 0 aromatic heterocycles. The van der Waals surface area contributed by atoms with Crippen LogP contribution in [0.25, 0.3) is 0 Å². The maximum Gasteiger partial charge on any atom is 0.277 e. The van der Waals surface area contributed by atoms with E-state index in [1.165, 1.54) is 6.21 Å². The molecule has 0 fully saturated rings. The summed E-state index contributed by atoms with van der Waals surface area (Å²) >= 11 is 3.36. The number of amides is 1. The molecule has 126 valence electrons. The second-order valence-electron chi connectivity index (χ2n) is 4.65. The van der Waals surface area contributed by atoms with Gasteiger partial charge in [-0.05, 0) is 51.8 Å². The molecular formula is C17H17BrN2O4. The fourth-order valence-corrected chi connectivity index (χ4v) is 2.27. The molecule has 6 nitrogen and oxygen atoms in total. The van der Waals surface area contributed by atoms with Crippen molar-refractivity contribution in [2.24, 2.45) is 5.10 Å². The van der Waals surface area contributed by atoms with Crippen LogP contribution in [-0.4, -0.2) is 32.9 Å². The van der Waals surface area contributed by atoms with Gasteiger partial charge in [-0.3, -0.25) is 4.79 Å². The molecule has 0 heterocycles. The van der Waals surface area contributed by atoms with E-state index >= 15 is 0 Å². The average Bonchev–Trinajstić information content (AvgIpc) is 2.60. The standard InChI is InChI=1S/C17H17BrN2O4/c1-22-13-5-3-4-12(8-13)10-19-20-17(21)11-24-16-7-6-14(23-2)9-15(16)18/h3-10H,11H2,1-2H3,(H,20,21)/b19-10-. The van der Waals surface area contributed by atoms with Crippen LogP contribution in [0.3, 0.4) is 0 Å². The molecule has 0 aliphatic heterocycles. The Kier molecular flexibility index (Phi) is 6.62. The summed E-state index contributed by atoms with van der Waals surface area (Å²) in [6.45, 7) is -0.152. The minimum absolute atomic E-state index is 0.152. The molecule has 0 saturated carbocycles. The fraction of sp³-hybridized carbons (Fsp3) is 0.176. The molecule has 0 spiro atoms. The molecule has 0 aliphatic rings. The number of ether oxygens (including phenoxy) is 3. The summed E-state index contributed by atoms with van der Waals surface area (Å²) in [5.74, 6) is 1.60. The van der Waals surface area contributed by atoms with Gasteiger partial charge in [0.15, 0.2) is 6.61 Å². The zero-order valence-electron chi connectivity index (χ0n) is 13.3. The van der Waals surface area contributed by atoms with Gasteiger partial charge in [-0.1, -0.05) is 12.1 Å². The van der Waals surface area contributed by atoms with E-state index in [0.717, 1.165) is 11.3 Å². The van der Waals surface area contributed by atoms with Crippen LogP contribution in [0, 0.1) is 0 Å². The van der Waals surface area contributed by atoms with E-state index in [4.69, 9.17) is 14.2 Å². The minimum atomic E-state index is -0.364. The van der Waals surface area contributed by atoms with Crippen molar-refractivity contribution < 1.29 is 19.0 Å². The monoisotopic (exact) mass is 392 g/mol. The SMILES string of the molecule is COc1cccc(/C=N\NC(=O)COc2ccc(OC)cc2Br)c1. The predicted molar refractivity (Wildman–Crippen MR) is 94.9 cm³/mol. The third kappa shape index (κ3) is 5.27. The Morgan fingerprint density at radius 1 is 1.17 bits per heavy atom. The molecule has 1 N–H and O–H groups in total. The molecule has 24 heavy (non-hydrogen) atoms. The van der Waals surface area contributed by atoms with Gasteiger partial charge in [0.25, 0.3) is 5.91 Å². The first kappa shape index (κ1) is 17.8. The zero-order chi connectivity index (χ0) is 17.4. The second-order valence-corrected chi connectivity index (χ2v) is 5.51. The first-order valence-corrected chi connectivity index (χ1v) is 7.84. The van der Waals surface area contributed by atoms with Crippen LogP contribution in [0.1, 0.15) is 5.56 Å². The number of rotatable bonds is 7. The van der Waals surface area contributed by atoms with Crippen molar-refractivity contribution in [1.29, 1.82) is 0 Å². The maximum absolute atomic E-state index is 11.7. The number of nitrogens with one attached hydrogen (secondary N) is 1. The molecule has 0 bridgehead atoms. The lowest BCUT2D eigenvalue weighted by Crippen LogP contribution is -2.24. The number of carbonyl (C=O) groups is 1. The summed E-state index contributed by atoms with van der Waals surface area (Å²) in [5, 5.41) is 3.89. The first-order chi connectivity index (χ1) is 11.6. The van der Waals surface area contributed by atoms with E-state index in [1.54, 1.807) is 38.5 Å². The number of methoxy groups -OCH3 is 2. The molecule has 2 aromatic rings.